The summed E-state index contributed by atoms with van der Waals surface area (Å²) >= 11 is 5.01. The fraction of sp³-hybridized carbons (Fsp3) is 0.333. The fourth-order valence-electron chi connectivity index (χ4n) is 1.32. The van der Waals surface area contributed by atoms with Crippen LogP contribution in [-0.2, 0) is 12.7 Å². The van der Waals surface area contributed by atoms with Gasteiger partial charge in [-0.3, -0.25) is 4.79 Å². The van der Waals surface area contributed by atoms with Crippen molar-refractivity contribution in [3.8, 4) is 0 Å². The third-order valence-electron chi connectivity index (χ3n) is 2.03. The van der Waals surface area contributed by atoms with Gasteiger partial charge in [0.25, 0.3) is 11.7 Å². The molecule has 1 aromatic heterocycles. The average molecular weight is 289 g/mol. The third kappa shape index (κ3) is 2.94. The number of halogens is 6. The summed E-state index contributed by atoms with van der Waals surface area (Å²) in [6, 6.07) is 0.634. The topological polar surface area (TPSA) is 56.0 Å². The molecule has 9 heteroatoms. The zero-order chi connectivity index (χ0) is 14.1. The number of aromatic nitrogens is 1. The number of rotatable bonds is 3. The van der Waals surface area contributed by atoms with E-state index >= 15 is 0 Å². The van der Waals surface area contributed by atoms with Crippen LogP contribution in [-0.4, -0.2) is 10.2 Å². The molecule has 1 aromatic rings. The number of carbonyl (C=O) groups is 1. The molecule has 0 atom stereocenters. The van der Waals surface area contributed by atoms with Gasteiger partial charge in [0, 0.05) is 6.54 Å². The van der Waals surface area contributed by atoms with Gasteiger partial charge < -0.3 is 5.73 Å². The highest BCUT2D eigenvalue weighted by molar-refractivity contribution is 6.68. The van der Waals surface area contributed by atoms with Gasteiger partial charge in [-0.15, -0.1) is 0 Å². The molecule has 0 bridgehead atoms. The molecule has 0 fully saturated rings. The molecule has 0 radical (unpaired) electrons. The van der Waals surface area contributed by atoms with Crippen LogP contribution in [0, 0.1) is 0 Å². The predicted molar refractivity (Wildman–Crippen MR) is 52.3 cm³/mol. The van der Waals surface area contributed by atoms with Gasteiger partial charge in [-0.25, -0.2) is 13.8 Å². The zero-order valence-electron chi connectivity index (χ0n) is 8.56. The number of nitrogens with two attached hydrogens (primary N) is 1. The van der Waals surface area contributed by atoms with E-state index in [9.17, 15) is 26.7 Å². The summed E-state index contributed by atoms with van der Waals surface area (Å²) in [4.78, 5) is 13.7. The van der Waals surface area contributed by atoms with Crippen LogP contribution in [0.5, 0.6) is 0 Å². The monoisotopic (exact) mass is 288 g/mol. The molecule has 18 heavy (non-hydrogen) atoms. The van der Waals surface area contributed by atoms with Crippen LogP contribution < -0.4 is 5.73 Å². The van der Waals surface area contributed by atoms with Crippen molar-refractivity contribution in [2.24, 2.45) is 5.73 Å². The summed E-state index contributed by atoms with van der Waals surface area (Å²) in [6.07, 6.45) is -8.29. The normalized spacial score (nSPS) is 12.0. The fourth-order valence-corrected chi connectivity index (χ4v) is 1.53. The highest BCUT2D eigenvalue weighted by atomic mass is 35.5. The Morgan fingerprint density at radius 2 is 2.00 bits per heavy atom. The molecule has 100 valence electrons. The van der Waals surface area contributed by atoms with Gasteiger partial charge in [0.15, 0.2) is 5.69 Å². The average Bonchev–Trinajstić information content (AvgIpc) is 2.25. The first-order valence-corrected chi connectivity index (χ1v) is 4.85. The molecule has 0 amide bonds. The van der Waals surface area contributed by atoms with Crippen LogP contribution in [0.4, 0.5) is 22.0 Å². The van der Waals surface area contributed by atoms with E-state index in [0.717, 1.165) is 0 Å². The molecule has 0 unspecified atom stereocenters. The predicted octanol–water partition coefficient (Wildman–Crippen LogP) is 2.88. The number of pyridine rings is 1. The van der Waals surface area contributed by atoms with E-state index in [2.05, 4.69) is 4.98 Å². The quantitative estimate of drug-likeness (QED) is 0.687. The maximum absolute atomic E-state index is 12.6. The first-order chi connectivity index (χ1) is 8.18. The van der Waals surface area contributed by atoms with Crippen LogP contribution >= 0.6 is 11.6 Å². The van der Waals surface area contributed by atoms with Gasteiger partial charge in [-0.1, -0.05) is 0 Å². The third-order valence-corrected chi connectivity index (χ3v) is 2.22. The molecule has 2 N–H and O–H groups in total. The van der Waals surface area contributed by atoms with Crippen molar-refractivity contribution in [2.45, 2.75) is 19.1 Å². The van der Waals surface area contributed by atoms with Gasteiger partial charge >= 0.3 is 6.18 Å². The van der Waals surface area contributed by atoms with E-state index in [1.807, 2.05) is 0 Å². The smallest absolute Gasteiger partial charge is 0.326 e. The standard InChI is InChI=1S/C9H6ClF5N2O/c10-7(18)5-3(2-16)1-4(8(11)12)17-6(5)9(13,14)15/h1,8H,2,16H2. The van der Waals surface area contributed by atoms with E-state index in [0.29, 0.717) is 6.07 Å². The van der Waals surface area contributed by atoms with Gasteiger partial charge in [0.1, 0.15) is 5.69 Å². The Labute approximate surface area is 103 Å². The van der Waals surface area contributed by atoms with Gasteiger partial charge in [0.05, 0.1) is 5.56 Å². The van der Waals surface area contributed by atoms with Crippen molar-refractivity contribution < 1.29 is 26.7 Å². The van der Waals surface area contributed by atoms with Gasteiger partial charge in [0.2, 0.25) is 0 Å². The highest BCUT2D eigenvalue weighted by Gasteiger charge is 2.39. The Kier molecular flexibility index (Phi) is 4.23. The van der Waals surface area contributed by atoms with Crippen molar-refractivity contribution in [3.63, 3.8) is 0 Å². The van der Waals surface area contributed by atoms with Crippen LogP contribution in [0.1, 0.15) is 33.7 Å². The number of hydrogen-bond donors (Lipinski definition) is 1. The summed E-state index contributed by atoms with van der Waals surface area (Å²) in [5.74, 6) is 0. The number of carbonyl (C=O) groups excluding carboxylic acids is 1. The Morgan fingerprint density at radius 1 is 1.44 bits per heavy atom. The van der Waals surface area contributed by atoms with E-state index in [1.54, 1.807) is 0 Å². The summed E-state index contributed by atoms with van der Waals surface area (Å²) in [5, 5.41) is -1.45. The minimum absolute atomic E-state index is 0.423. The molecule has 0 spiro atoms. The Hall–Kier alpha value is -1.28. The number of nitrogens with zero attached hydrogens (tertiary/aromatic N) is 1. The van der Waals surface area contributed by atoms with Gasteiger partial charge in [-0.05, 0) is 23.2 Å². The molecular formula is C9H6ClF5N2O. The van der Waals surface area contributed by atoms with Crippen molar-refractivity contribution in [2.75, 3.05) is 0 Å². The van der Waals surface area contributed by atoms with E-state index < -0.39 is 46.9 Å². The maximum atomic E-state index is 12.6. The lowest BCUT2D eigenvalue weighted by molar-refractivity contribution is -0.141. The maximum Gasteiger partial charge on any atom is 0.434 e. The van der Waals surface area contributed by atoms with Crippen LogP contribution in [0.15, 0.2) is 6.07 Å². The molecule has 1 rings (SSSR count). The Morgan fingerprint density at radius 3 is 2.33 bits per heavy atom. The highest BCUT2D eigenvalue weighted by Crippen LogP contribution is 2.34. The Bertz CT molecular complexity index is 475. The molecule has 0 saturated heterocycles. The SMILES string of the molecule is NCc1cc(C(F)F)nc(C(F)(F)F)c1C(=O)Cl. The summed E-state index contributed by atoms with van der Waals surface area (Å²) in [5.41, 5.74) is 0.849. The zero-order valence-corrected chi connectivity index (χ0v) is 9.32. The van der Waals surface area contributed by atoms with Crippen molar-refractivity contribution in [3.05, 3.63) is 28.6 Å². The summed E-state index contributed by atoms with van der Waals surface area (Å²) in [6.45, 7) is -0.543. The van der Waals surface area contributed by atoms with Crippen LogP contribution in [0.2, 0.25) is 0 Å². The largest absolute Gasteiger partial charge is 0.434 e. The van der Waals surface area contributed by atoms with E-state index in [-0.39, 0.29) is 0 Å². The first-order valence-electron chi connectivity index (χ1n) is 4.47. The van der Waals surface area contributed by atoms with E-state index in [1.165, 1.54) is 0 Å². The molecular weight excluding hydrogens is 283 g/mol. The lowest BCUT2D eigenvalue weighted by atomic mass is 10.1. The van der Waals surface area contributed by atoms with Crippen molar-refractivity contribution >= 4 is 16.8 Å². The second-order valence-corrected chi connectivity index (χ2v) is 3.55. The van der Waals surface area contributed by atoms with E-state index in [4.69, 9.17) is 17.3 Å². The lowest BCUT2D eigenvalue weighted by Gasteiger charge is -2.14. The molecule has 0 aromatic carbocycles. The minimum atomic E-state index is -5.07. The van der Waals surface area contributed by atoms with Crippen molar-refractivity contribution in [1.29, 1.82) is 0 Å². The second kappa shape index (κ2) is 5.15. The summed E-state index contributed by atoms with van der Waals surface area (Å²) in [7, 11) is 0. The molecule has 0 aliphatic carbocycles. The number of hydrogen-bond acceptors (Lipinski definition) is 3. The van der Waals surface area contributed by atoms with Crippen molar-refractivity contribution in [1.82, 2.24) is 4.98 Å². The van der Waals surface area contributed by atoms with Crippen LogP contribution in [0.3, 0.4) is 0 Å². The molecule has 0 saturated carbocycles. The van der Waals surface area contributed by atoms with Crippen LogP contribution in [0.25, 0.3) is 0 Å². The minimum Gasteiger partial charge on any atom is -0.326 e. The Balaban J connectivity index is 3.63. The molecule has 0 aliphatic heterocycles. The summed E-state index contributed by atoms with van der Waals surface area (Å²) < 4.78 is 62.6. The molecule has 1 heterocycles. The van der Waals surface area contributed by atoms with Gasteiger partial charge in [-0.2, -0.15) is 13.2 Å². The second-order valence-electron chi connectivity index (χ2n) is 3.21. The number of alkyl halides is 5. The lowest BCUT2D eigenvalue weighted by Crippen LogP contribution is -2.19. The first kappa shape index (κ1) is 14.8. The molecule has 3 nitrogen and oxygen atoms in total. The molecule has 0 aliphatic rings.